The number of hydrogen-bond acceptors (Lipinski definition) is 6. The van der Waals surface area contributed by atoms with Gasteiger partial charge in [-0.25, -0.2) is 4.98 Å². The maximum atomic E-state index is 12.1. The molecule has 0 fully saturated rings. The molecule has 8 nitrogen and oxygen atoms in total. The fourth-order valence-electron chi connectivity index (χ4n) is 2.11. The van der Waals surface area contributed by atoms with E-state index in [1.54, 1.807) is 18.2 Å². The lowest BCUT2D eigenvalue weighted by atomic mass is 10.2. The summed E-state index contributed by atoms with van der Waals surface area (Å²) in [7, 11) is 0. The maximum Gasteiger partial charge on any atom is 0.296 e. The Morgan fingerprint density at radius 3 is 2.83 bits per heavy atom. The number of aliphatic hydroxyl groups is 1. The third kappa shape index (κ3) is 2.95. The van der Waals surface area contributed by atoms with Gasteiger partial charge in [-0.15, -0.1) is 0 Å². The molecule has 120 valence electrons. The van der Waals surface area contributed by atoms with E-state index in [0.29, 0.717) is 0 Å². The lowest BCUT2D eigenvalue weighted by molar-refractivity contribution is -0.383. The summed E-state index contributed by atoms with van der Waals surface area (Å²) >= 11 is 5.85. The number of non-ortho nitro benzene ring substituents is 1. The van der Waals surface area contributed by atoms with Crippen LogP contribution in [0.5, 0.6) is 0 Å². The molecule has 2 aromatic heterocycles. The Labute approximate surface area is 139 Å². The summed E-state index contributed by atoms with van der Waals surface area (Å²) in [5.41, 5.74) is -0.808. The second kappa shape index (κ2) is 6.09. The van der Waals surface area contributed by atoms with Crippen LogP contribution in [0.15, 0.2) is 41.3 Å². The molecular weight excluding hydrogens is 336 g/mol. The molecule has 0 radical (unpaired) electrons. The lowest BCUT2D eigenvalue weighted by Gasteiger charge is -2.03. The first-order valence-electron chi connectivity index (χ1n) is 6.66. The molecule has 1 aromatic carbocycles. The summed E-state index contributed by atoms with van der Waals surface area (Å²) < 4.78 is 0. The van der Waals surface area contributed by atoms with E-state index in [1.165, 1.54) is 12.3 Å². The first kappa shape index (κ1) is 15.6. The molecule has 9 heteroatoms. The van der Waals surface area contributed by atoms with Crippen LogP contribution in [-0.4, -0.2) is 25.0 Å². The monoisotopic (exact) mass is 344 g/mol. The van der Waals surface area contributed by atoms with Crippen LogP contribution in [0.1, 0.15) is 11.4 Å². The molecule has 0 saturated heterocycles. The van der Waals surface area contributed by atoms with Crippen molar-refractivity contribution >= 4 is 40.2 Å². The molecule has 24 heavy (non-hydrogen) atoms. The highest BCUT2D eigenvalue weighted by Crippen LogP contribution is 2.26. The standard InChI is InChI=1S/C15H9ClN4O4/c16-8-5-10-14(12(6-8)20(23)24)19-15(22)11(18-10)7-13(21)9-3-1-2-4-17-9/h1-7,21H,(H,19,22)/b13-7-. The summed E-state index contributed by atoms with van der Waals surface area (Å²) in [6.45, 7) is 0. The van der Waals surface area contributed by atoms with Crippen LogP contribution >= 0.6 is 11.6 Å². The molecule has 2 heterocycles. The Morgan fingerprint density at radius 2 is 2.17 bits per heavy atom. The number of nitro groups is 1. The predicted molar refractivity (Wildman–Crippen MR) is 88.8 cm³/mol. The number of halogens is 1. The van der Waals surface area contributed by atoms with Gasteiger partial charge < -0.3 is 10.1 Å². The second-order valence-corrected chi connectivity index (χ2v) is 5.21. The largest absolute Gasteiger partial charge is 0.506 e. The molecule has 0 aliphatic rings. The summed E-state index contributed by atoms with van der Waals surface area (Å²) in [5.74, 6) is -0.260. The quantitative estimate of drug-likeness (QED) is 0.428. The minimum Gasteiger partial charge on any atom is -0.506 e. The fourth-order valence-corrected chi connectivity index (χ4v) is 2.32. The molecular formula is C15H9ClN4O4. The van der Waals surface area contributed by atoms with Gasteiger partial charge in [0.2, 0.25) is 0 Å². The Hall–Kier alpha value is -3.26. The van der Waals surface area contributed by atoms with Crippen LogP contribution in [0.4, 0.5) is 5.69 Å². The number of hydrogen-bond donors (Lipinski definition) is 2. The number of pyridine rings is 1. The van der Waals surface area contributed by atoms with Crippen molar-refractivity contribution in [3.8, 4) is 0 Å². The smallest absolute Gasteiger partial charge is 0.296 e. The van der Waals surface area contributed by atoms with E-state index in [4.69, 9.17) is 11.6 Å². The van der Waals surface area contributed by atoms with Crippen molar-refractivity contribution in [2.24, 2.45) is 0 Å². The number of H-pyrrole nitrogens is 1. The van der Waals surface area contributed by atoms with E-state index in [2.05, 4.69) is 15.0 Å². The van der Waals surface area contributed by atoms with E-state index in [0.717, 1.165) is 12.1 Å². The number of rotatable bonds is 3. The van der Waals surface area contributed by atoms with Gasteiger partial charge in [0.05, 0.1) is 10.4 Å². The van der Waals surface area contributed by atoms with E-state index in [9.17, 15) is 20.0 Å². The Bertz CT molecular complexity index is 1030. The summed E-state index contributed by atoms with van der Waals surface area (Å²) in [6, 6.07) is 7.42. The van der Waals surface area contributed by atoms with Gasteiger partial charge in [-0.3, -0.25) is 19.9 Å². The van der Waals surface area contributed by atoms with Crippen molar-refractivity contribution in [3.05, 3.63) is 73.4 Å². The molecule has 0 amide bonds. The molecule has 0 atom stereocenters. The SMILES string of the molecule is O=c1[nH]c2c([N+](=O)[O-])cc(Cl)cc2nc1/C=C(\O)c1ccccn1. The summed E-state index contributed by atoms with van der Waals surface area (Å²) in [4.78, 5) is 32.9. The van der Waals surface area contributed by atoms with Crippen molar-refractivity contribution in [1.82, 2.24) is 15.0 Å². The van der Waals surface area contributed by atoms with Gasteiger partial charge >= 0.3 is 0 Å². The normalized spacial score (nSPS) is 11.6. The van der Waals surface area contributed by atoms with Gasteiger partial charge in [-0.2, -0.15) is 0 Å². The summed E-state index contributed by atoms with van der Waals surface area (Å²) in [5, 5.41) is 21.2. The number of aliphatic hydroxyl groups excluding tert-OH is 1. The fraction of sp³-hybridized carbons (Fsp3) is 0. The van der Waals surface area contributed by atoms with Crippen LogP contribution in [-0.2, 0) is 0 Å². The molecule has 0 spiro atoms. The predicted octanol–water partition coefficient (Wildman–Crippen LogP) is 2.94. The number of nitro benzene ring substituents is 1. The average molecular weight is 345 g/mol. The van der Waals surface area contributed by atoms with Crippen LogP contribution in [0.25, 0.3) is 22.9 Å². The van der Waals surface area contributed by atoms with E-state index >= 15 is 0 Å². The van der Waals surface area contributed by atoms with Gasteiger partial charge in [0.15, 0.2) is 0 Å². The molecule has 3 aromatic rings. The van der Waals surface area contributed by atoms with Crippen molar-refractivity contribution in [2.75, 3.05) is 0 Å². The molecule has 0 bridgehead atoms. The number of nitrogens with zero attached hydrogens (tertiary/aromatic N) is 3. The number of nitrogens with one attached hydrogen (secondary N) is 1. The first-order chi connectivity index (χ1) is 11.5. The Balaban J connectivity index is 2.19. The van der Waals surface area contributed by atoms with Gasteiger partial charge in [-0.1, -0.05) is 17.7 Å². The van der Waals surface area contributed by atoms with Crippen molar-refractivity contribution in [1.29, 1.82) is 0 Å². The zero-order chi connectivity index (χ0) is 17.3. The van der Waals surface area contributed by atoms with Crippen LogP contribution in [0, 0.1) is 10.1 Å². The van der Waals surface area contributed by atoms with Crippen LogP contribution < -0.4 is 5.56 Å². The molecule has 0 aliphatic carbocycles. The molecule has 2 N–H and O–H groups in total. The van der Waals surface area contributed by atoms with Gasteiger partial charge in [0, 0.05) is 23.4 Å². The van der Waals surface area contributed by atoms with Crippen LogP contribution in [0.3, 0.4) is 0 Å². The number of benzene rings is 1. The highest BCUT2D eigenvalue weighted by atomic mass is 35.5. The van der Waals surface area contributed by atoms with Crippen LogP contribution in [0.2, 0.25) is 5.02 Å². The highest BCUT2D eigenvalue weighted by molar-refractivity contribution is 6.31. The third-order valence-electron chi connectivity index (χ3n) is 3.17. The molecule has 0 aliphatic heterocycles. The lowest BCUT2D eigenvalue weighted by Crippen LogP contribution is -2.13. The molecule has 3 rings (SSSR count). The average Bonchev–Trinajstić information content (AvgIpc) is 2.56. The second-order valence-electron chi connectivity index (χ2n) is 4.77. The van der Waals surface area contributed by atoms with E-state index < -0.39 is 10.5 Å². The topological polar surface area (TPSA) is 122 Å². The Morgan fingerprint density at radius 1 is 1.38 bits per heavy atom. The van der Waals surface area contributed by atoms with Gasteiger partial charge in [0.25, 0.3) is 11.2 Å². The van der Waals surface area contributed by atoms with Gasteiger partial charge in [-0.05, 0) is 18.2 Å². The Kier molecular flexibility index (Phi) is 3.97. The van der Waals surface area contributed by atoms with Crippen molar-refractivity contribution in [2.45, 2.75) is 0 Å². The van der Waals surface area contributed by atoms with Crippen molar-refractivity contribution < 1.29 is 10.0 Å². The number of aromatic amines is 1. The van der Waals surface area contributed by atoms with E-state index in [1.807, 2.05) is 0 Å². The minimum absolute atomic E-state index is 0.0381. The zero-order valence-electron chi connectivity index (χ0n) is 11.9. The first-order valence-corrected chi connectivity index (χ1v) is 7.03. The van der Waals surface area contributed by atoms with E-state index in [-0.39, 0.29) is 38.9 Å². The summed E-state index contributed by atoms with van der Waals surface area (Å²) in [6.07, 6.45) is 2.62. The van der Waals surface area contributed by atoms with Crippen molar-refractivity contribution in [3.63, 3.8) is 0 Å². The molecule has 0 unspecified atom stereocenters. The number of aromatic nitrogens is 3. The maximum absolute atomic E-state index is 12.1. The third-order valence-corrected chi connectivity index (χ3v) is 3.39. The zero-order valence-corrected chi connectivity index (χ0v) is 12.7. The highest BCUT2D eigenvalue weighted by Gasteiger charge is 2.17. The number of fused-ring (bicyclic) bond motifs is 1. The minimum atomic E-state index is -0.685. The van der Waals surface area contributed by atoms with Gasteiger partial charge in [0.1, 0.15) is 22.7 Å². The molecule has 0 saturated carbocycles.